The Morgan fingerprint density at radius 3 is 2.69 bits per heavy atom. The molecule has 2 aromatic carbocycles. The smallest absolute Gasteiger partial charge is 0.264 e. The molecule has 35 heavy (non-hydrogen) atoms. The Kier molecular flexibility index (Phi) is 6.43. The highest BCUT2D eigenvalue weighted by Gasteiger charge is 2.29. The molecule has 1 aliphatic rings. The van der Waals surface area contributed by atoms with E-state index < -0.39 is 0 Å². The Morgan fingerprint density at radius 2 is 1.91 bits per heavy atom. The lowest BCUT2D eigenvalue weighted by Gasteiger charge is -2.30. The van der Waals surface area contributed by atoms with Crippen molar-refractivity contribution in [3.63, 3.8) is 0 Å². The monoisotopic (exact) mass is 487 g/mol. The van der Waals surface area contributed by atoms with Crippen LogP contribution in [0.1, 0.15) is 45.5 Å². The average molecular weight is 488 g/mol. The minimum atomic E-state index is -0.0947. The van der Waals surface area contributed by atoms with Crippen LogP contribution in [0.4, 0.5) is 0 Å². The van der Waals surface area contributed by atoms with E-state index in [-0.39, 0.29) is 17.5 Å². The van der Waals surface area contributed by atoms with Crippen LogP contribution in [0, 0.1) is 6.92 Å². The van der Waals surface area contributed by atoms with E-state index in [4.69, 9.17) is 9.72 Å². The van der Waals surface area contributed by atoms with Crippen molar-refractivity contribution in [1.29, 1.82) is 0 Å². The largest absolute Gasteiger partial charge is 0.496 e. The molecule has 1 amide bonds. The van der Waals surface area contributed by atoms with Crippen LogP contribution in [0.3, 0.4) is 0 Å². The minimum Gasteiger partial charge on any atom is -0.496 e. The van der Waals surface area contributed by atoms with Crippen molar-refractivity contribution in [1.82, 2.24) is 14.5 Å². The molecular weight excluding hydrogens is 458 g/mol. The van der Waals surface area contributed by atoms with Crippen molar-refractivity contribution in [3.8, 4) is 5.75 Å². The van der Waals surface area contributed by atoms with E-state index in [1.165, 1.54) is 11.3 Å². The fourth-order valence-corrected chi connectivity index (χ4v) is 6.06. The highest BCUT2D eigenvalue weighted by Crippen LogP contribution is 2.31. The highest BCUT2D eigenvalue weighted by atomic mass is 32.1. The molecule has 0 N–H and O–H groups in total. The summed E-state index contributed by atoms with van der Waals surface area (Å²) in [5, 5.41) is 0.584. The van der Waals surface area contributed by atoms with Gasteiger partial charge in [-0.05, 0) is 49.4 Å². The molecule has 2 aromatic heterocycles. The molecule has 4 aromatic rings. The van der Waals surface area contributed by atoms with Gasteiger partial charge in [-0.3, -0.25) is 14.2 Å². The molecule has 0 radical (unpaired) electrons. The van der Waals surface area contributed by atoms with Crippen LogP contribution in [0.2, 0.25) is 0 Å². The molecule has 180 valence electrons. The second kappa shape index (κ2) is 9.66. The van der Waals surface area contributed by atoms with Crippen molar-refractivity contribution in [2.24, 2.45) is 0 Å². The number of ether oxygens (including phenoxy) is 1. The molecule has 0 fully saturated rings. The van der Waals surface area contributed by atoms with Crippen molar-refractivity contribution in [3.05, 3.63) is 92.3 Å². The van der Waals surface area contributed by atoms with Crippen molar-refractivity contribution in [2.45, 2.75) is 52.2 Å². The zero-order valence-electron chi connectivity index (χ0n) is 20.3. The van der Waals surface area contributed by atoms with Crippen LogP contribution in [-0.4, -0.2) is 33.5 Å². The predicted octanol–water partition coefficient (Wildman–Crippen LogP) is 4.99. The first-order valence-corrected chi connectivity index (χ1v) is 12.8. The Labute approximate surface area is 208 Å². The summed E-state index contributed by atoms with van der Waals surface area (Å²) in [5.41, 5.74) is 2.82. The molecule has 5 rings (SSSR count). The third-order valence-electron chi connectivity index (χ3n) is 6.80. The third kappa shape index (κ3) is 4.36. The van der Waals surface area contributed by atoms with E-state index in [2.05, 4.69) is 6.92 Å². The summed E-state index contributed by atoms with van der Waals surface area (Å²) in [4.78, 5) is 35.2. The lowest BCUT2D eigenvalue weighted by Crippen LogP contribution is -2.39. The number of methoxy groups -OCH3 is 1. The SMILES string of the molecule is COc1ccccc1CC(C)N(Cc1ccccc1)C(=O)c1sc2nc3n(c(=O)c2c1C)CCC3. The fourth-order valence-electron chi connectivity index (χ4n) is 4.92. The number of amides is 1. The Balaban J connectivity index is 1.54. The normalized spacial score (nSPS) is 13.6. The zero-order chi connectivity index (χ0) is 24.5. The minimum absolute atomic E-state index is 0.0213. The maximum absolute atomic E-state index is 14.1. The first kappa shape index (κ1) is 23.3. The number of rotatable bonds is 7. The van der Waals surface area contributed by atoms with E-state index in [1.807, 2.05) is 66.4 Å². The number of aryl methyl sites for hydroxylation is 2. The van der Waals surface area contributed by atoms with Crippen LogP contribution in [-0.2, 0) is 25.9 Å². The van der Waals surface area contributed by atoms with Crippen LogP contribution >= 0.6 is 11.3 Å². The predicted molar refractivity (Wildman–Crippen MR) is 139 cm³/mol. The maximum atomic E-state index is 14.1. The van der Waals surface area contributed by atoms with Crippen LogP contribution in [0.25, 0.3) is 10.2 Å². The van der Waals surface area contributed by atoms with Crippen molar-refractivity contribution >= 4 is 27.5 Å². The second-order valence-corrected chi connectivity index (χ2v) is 10.1. The summed E-state index contributed by atoms with van der Waals surface area (Å²) in [6, 6.07) is 17.8. The lowest BCUT2D eigenvalue weighted by atomic mass is 10.0. The number of fused-ring (bicyclic) bond motifs is 2. The van der Waals surface area contributed by atoms with Gasteiger partial charge in [-0.1, -0.05) is 48.5 Å². The molecule has 0 aliphatic carbocycles. The second-order valence-electron chi connectivity index (χ2n) is 9.11. The molecular formula is C28H29N3O3S. The molecule has 1 aliphatic heterocycles. The van der Waals surface area contributed by atoms with E-state index in [0.29, 0.717) is 34.6 Å². The molecule has 7 heteroatoms. The number of hydrogen-bond acceptors (Lipinski definition) is 5. The highest BCUT2D eigenvalue weighted by molar-refractivity contribution is 7.20. The number of para-hydroxylation sites is 1. The number of hydrogen-bond donors (Lipinski definition) is 0. The first-order valence-electron chi connectivity index (χ1n) is 12.0. The third-order valence-corrected chi connectivity index (χ3v) is 7.98. The quantitative estimate of drug-likeness (QED) is 0.368. The first-order chi connectivity index (χ1) is 17.0. The molecule has 0 bridgehead atoms. The summed E-state index contributed by atoms with van der Waals surface area (Å²) in [6.07, 6.45) is 2.40. The number of benzene rings is 2. The van der Waals surface area contributed by atoms with Gasteiger partial charge in [0.15, 0.2) is 0 Å². The number of carbonyl (C=O) groups is 1. The average Bonchev–Trinajstić information content (AvgIpc) is 3.48. The molecule has 6 nitrogen and oxygen atoms in total. The Bertz CT molecular complexity index is 1440. The Morgan fingerprint density at radius 1 is 1.17 bits per heavy atom. The molecule has 1 unspecified atom stereocenters. The number of thiophene rings is 1. The van der Waals surface area contributed by atoms with E-state index in [9.17, 15) is 9.59 Å². The van der Waals surface area contributed by atoms with Gasteiger partial charge in [-0.25, -0.2) is 4.98 Å². The van der Waals surface area contributed by atoms with Crippen molar-refractivity contribution in [2.75, 3.05) is 7.11 Å². The fraction of sp³-hybridized carbons (Fsp3) is 0.321. The van der Waals surface area contributed by atoms with Gasteiger partial charge in [0.25, 0.3) is 11.5 Å². The van der Waals surface area contributed by atoms with Gasteiger partial charge in [-0.2, -0.15) is 0 Å². The number of carbonyl (C=O) groups excluding carboxylic acids is 1. The number of aromatic nitrogens is 2. The van der Waals surface area contributed by atoms with Crippen LogP contribution < -0.4 is 10.3 Å². The van der Waals surface area contributed by atoms with Gasteiger partial charge in [0.1, 0.15) is 16.4 Å². The van der Waals surface area contributed by atoms with Gasteiger partial charge < -0.3 is 9.64 Å². The molecule has 1 atom stereocenters. The molecule has 0 saturated carbocycles. The van der Waals surface area contributed by atoms with Gasteiger partial charge in [0.05, 0.1) is 17.4 Å². The summed E-state index contributed by atoms with van der Waals surface area (Å²) >= 11 is 1.34. The van der Waals surface area contributed by atoms with Gasteiger partial charge in [0.2, 0.25) is 0 Å². The van der Waals surface area contributed by atoms with Gasteiger partial charge in [-0.15, -0.1) is 11.3 Å². The summed E-state index contributed by atoms with van der Waals surface area (Å²) in [7, 11) is 1.67. The van der Waals surface area contributed by atoms with Crippen molar-refractivity contribution < 1.29 is 9.53 Å². The maximum Gasteiger partial charge on any atom is 0.264 e. The van der Waals surface area contributed by atoms with Gasteiger partial charge >= 0.3 is 0 Å². The van der Waals surface area contributed by atoms with Crippen LogP contribution in [0.5, 0.6) is 5.75 Å². The zero-order valence-corrected chi connectivity index (χ0v) is 21.1. The summed E-state index contributed by atoms with van der Waals surface area (Å²) in [5.74, 6) is 1.57. The van der Waals surface area contributed by atoms with E-state index >= 15 is 0 Å². The van der Waals surface area contributed by atoms with E-state index in [1.54, 1.807) is 11.7 Å². The molecule has 0 spiro atoms. The summed E-state index contributed by atoms with van der Waals surface area (Å²) in [6.45, 7) is 5.12. The van der Waals surface area contributed by atoms with E-state index in [0.717, 1.165) is 41.1 Å². The summed E-state index contributed by atoms with van der Waals surface area (Å²) < 4.78 is 7.32. The lowest BCUT2D eigenvalue weighted by molar-refractivity contribution is 0.0679. The standard InChI is InChI=1S/C28H29N3O3S/c1-18(16-21-12-7-8-13-22(21)34-3)31(17-20-10-5-4-6-11-20)28(33)25-19(2)24-26(35-25)29-23-14-9-15-30(23)27(24)32/h4-8,10-13,18H,9,14-17H2,1-3H3. The molecule has 3 heterocycles. The topological polar surface area (TPSA) is 64.4 Å². The van der Waals surface area contributed by atoms with Crippen LogP contribution in [0.15, 0.2) is 59.4 Å². The Hall–Kier alpha value is -3.45. The number of nitrogens with zero attached hydrogens (tertiary/aromatic N) is 3. The molecule has 0 saturated heterocycles. The van der Waals surface area contributed by atoms with Gasteiger partial charge in [0, 0.05) is 25.6 Å².